The van der Waals surface area contributed by atoms with E-state index in [1.165, 1.54) is 37.8 Å². The highest BCUT2D eigenvalue weighted by atomic mass is 15.5. The highest BCUT2D eigenvalue weighted by Crippen LogP contribution is 2.11. The van der Waals surface area contributed by atoms with Gasteiger partial charge in [-0.05, 0) is 31.1 Å². The van der Waals surface area contributed by atoms with Crippen LogP contribution in [-0.4, -0.2) is 23.5 Å². The third kappa shape index (κ3) is 5.94. The van der Waals surface area contributed by atoms with Crippen LogP contribution < -0.4 is 0 Å². The molecule has 0 saturated carbocycles. The van der Waals surface area contributed by atoms with Crippen LogP contribution in [0.3, 0.4) is 0 Å². The standard InChI is InChI=1S/C14H28N3/c1-12(2)7-5-9-14-11-15-16-17(14)10-6-8-13(3)4/h12-13H,5-11H2,1-4H3/q+1. The molecule has 0 bridgehead atoms. The number of rotatable bonds is 8. The second kappa shape index (κ2) is 7.57. The van der Waals surface area contributed by atoms with Gasteiger partial charge in [-0.1, -0.05) is 34.1 Å². The van der Waals surface area contributed by atoms with E-state index in [1.807, 2.05) is 0 Å². The lowest BCUT2D eigenvalue weighted by atomic mass is 10.0. The van der Waals surface area contributed by atoms with Crippen molar-refractivity contribution in [3.05, 3.63) is 0 Å². The highest BCUT2D eigenvalue weighted by molar-refractivity contribution is 5.82. The first-order valence-corrected chi connectivity index (χ1v) is 7.09. The molecule has 0 aromatic carbocycles. The van der Waals surface area contributed by atoms with E-state index in [4.69, 9.17) is 0 Å². The minimum Gasteiger partial charge on any atom is -0.135 e. The van der Waals surface area contributed by atoms with E-state index in [-0.39, 0.29) is 0 Å². The molecule has 0 spiro atoms. The molecule has 0 aromatic heterocycles. The predicted octanol–water partition coefficient (Wildman–Crippen LogP) is 4.08. The summed E-state index contributed by atoms with van der Waals surface area (Å²) in [6, 6.07) is 0. The van der Waals surface area contributed by atoms with Gasteiger partial charge in [0, 0.05) is 11.5 Å². The molecule has 0 radical (unpaired) electrons. The lowest BCUT2D eigenvalue weighted by molar-refractivity contribution is -0.537. The molecule has 0 saturated heterocycles. The normalized spacial score (nSPS) is 15.6. The van der Waals surface area contributed by atoms with Crippen molar-refractivity contribution in [2.24, 2.45) is 22.2 Å². The predicted molar refractivity (Wildman–Crippen MR) is 72.6 cm³/mol. The van der Waals surface area contributed by atoms with E-state index < -0.39 is 0 Å². The van der Waals surface area contributed by atoms with E-state index in [2.05, 4.69) is 42.7 Å². The second-order valence-electron chi connectivity index (χ2n) is 5.90. The Bertz CT molecular complexity index is 277. The maximum absolute atomic E-state index is 4.23. The van der Waals surface area contributed by atoms with Gasteiger partial charge >= 0.3 is 0 Å². The molecule has 0 amide bonds. The molecule has 3 heteroatoms. The van der Waals surface area contributed by atoms with E-state index in [0.29, 0.717) is 0 Å². The summed E-state index contributed by atoms with van der Waals surface area (Å²) < 4.78 is 2.14. The summed E-state index contributed by atoms with van der Waals surface area (Å²) in [5.41, 5.74) is 1.43. The average molecular weight is 238 g/mol. The fourth-order valence-electron chi connectivity index (χ4n) is 2.11. The van der Waals surface area contributed by atoms with Crippen LogP contribution in [0, 0.1) is 11.8 Å². The van der Waals surface area contributed by atoms with Gasteiger partial charge in [0.25, 0.3) is 0 Å². The van der Waals surface area contributed by atoms with Gasteiger partial charge in [0.15, 0.2) is 5.71 Å². The third-order valence-corrected chi connectivity index (χ3v) is 3.19. The van der Waals surface area contributed by atoms with Crippen molar-refractivity contribution in [3.8, 4) is 0 Å². The Hall–Kier alpha value is -0.730. The molecule has 0 unspecified atom stereocenters. The molecule has 1 aliphatic heterocycles. The van der Waals surface area contributed by atoms with Gasteiger partial charge in [0.1, 0.15) is 11.8 Å². The SMILES string of the molecule is CC(C)CCCC1=[N+](CCCC(C)C)N=NC1. The van der Waals surface area contributed by atoms with Crippen LogP contribution in [0.15, 0.2) is 10.3 Å². The maximum atomic E-state index is 4.23. The van der Waals surface area contributed by atoms with Crippen LogP contribution in [0.2, 0.25) is 0 Å². The lowest BCUT2D eigenvalue weighted by Crippen LogP contribution is -2.16. The minimum atomic E-state index is 0.791. The molecule has 17 heavy (non-hydrogen) atoms. The van der Waals surface area contributed by atoms with Crippen molar-refractivity contribution < 1.29 is 4.68 Å². The molecule has 0 fully saturated rings. The number of hydrogen-bond acceptors (Lipinski definition) is 2. The summed E-state index contributed by atoms with van der Waals surface area (Å²) in [4.78, 5) is 0. The van der Waals surface area contributed by atoms with Gasteiger partial charge in [-0.15, -0.1) is 4.68 Å². The van der Waals surface area contributed by atoms with Crippen LogP contribution in [0.4, 0.5) is 0 Å². The van der Waals surface area contributed by atoms with Crippen molar-refractivity contribution in [3.63, 3.8) is 0 Å². The van der Waals surface area contributed by atoms with Crippen LogP contribution in [0.25, 0.3) is 0 Å². The summed E-state index contributed by atoms with van der Waals surface area (Å²) >= 11 is 0. The first-order valence-electron chi connectivity index (χ1n) is 7.09. The van der Waals surface area contributed by atoms with Gasteiger partial charge in [0.05, 0.1) is 0 Å². The smallest absolute Gasteiger partial charge is 0.135 e. The largest absolute Gasteiger partial charge is 0.215 e. The van der Waals surface area contributed by atoms with Gasteiger partial charge in [0.2, 0.25) is 6.54 Å². The van der Waals surface area contributed by atoms with Gasteiger partial charge in [-0.3, -0.25) is 0 Å². The van der Waals surface area contributed by atoms with Gasteiger partial charge < -0.3 is 0 Å². The third-order valence-electron chi connectivity index (χ3n) is 3.19. The molecule has 1 heterocycles. The molecule has 0 aliphatic carbocycles. The minimum absolute atomic E-state index is 0.791. The Labute approximate surface area is 106 Å². The van der Waals surface area contributed by atoms with Crippen molar-refractivity contribution in [2.45, 2.75) is 59.8 Å². The van der Waals surface area contributed by atoms with E-state index >= 15 is 0 Å². The molecule has 0 N–H and O–H groups in total. The molecule has 3 nitrogen and oxygen atoms in total. The quantitative estimate of drug-likeness (QED) is 0.570. The number of hydrogen-bond donors (Lipinski definition) is 0. The van der Waals surface area contributed by atoms with Crippen molar-refractivity contribution in [1.82, 2.24) is 0 Å². The summed E-state index contributed by atoms with van der Waals surface area (Å²) in [6.07, 6.45) is 6.27. The van der Waals surface area contributed by atoms with Crippen LogP contribution in [-0.2, 0) is 0 Å². The van der Waals surface area contributed by atoms with E-state index in [9.17, 15) is 0 Å². The van der Waals surface area contributed by atoms with Crippen molar-refractivity contribution >= 4 is 5.71 Å². The highest BCUT2D eigenvalue weighted by Gasteiger charge is 2.19. The van der Waals surface area contributed by atoms with Crippen LogP contribution >= 0.6 is 0 Å². The molecule has 0 atom stereocenters. The van der Waals surface area contributed by atoms with Gasteiger partial charge in [-0.25, -0.2) is 0 Å². The summed E-state index contributed by atoms with van der Waals surface area (Å²) in [5, 5.41) is 8.39. The molecule has 98 valence electrons. The Morgan fingerprint density at radius 2 is 1.71 bits per heavy atom. The zero-order valence-electron chi connectivity index (χ0n) is 11.9. The number of nitrogens with zero attached hydrogens (tertiary/aromatic N) is 3. The summed E-state index contributed by atoms with van der Waals surface area (Å²) in [5.74, 6) is 1.60. The van der Waals surface area contributed by atoms with E-state index in [1.54, 1.807) is 0 Å². The fraction of sp³-hybridized carbons (Fsp3) is 0.929. The second-order valence-corrected chi connectivity index (χ2v) is 5.90. The average Bonchev–Trinajstić information content (AvgIpc) is 2.65. The van der Waals surface area contributed by atoms with Gasteiger partial charge in [-0.2, -0.15) is 0 Å². The molecule has 1 rings (SSSR count). The Morgan fingerprint density at radius 3 is 2.35 bits per heavy atom. The first kappa shape index (κ1) is 14.3. The summed E-state index contributed by atoms with van der Waals surface area (Å²) in [7, 11) is 0. The zero-order chi connectivity index (χ0) is 12.7. The molecular formula is C14H28N3+. The molecule has 1 aliphatic rings. The van der Waals surface area contributed by atoms with Crippen molar-refractivity contribution in [2.75, 3.05) is 13.1 Å². The Balaban J connectivity index is 2.29. The summed E-state index contributed by atoms with van der Waals surface area (Å²) in [6.45, 7) is 11.0. The Morgan fingerprint density at radius 1 is 1.06 bits per heavy atom. The van der Waals surface area contributed by atoms with Crippen LogP contribution in [0.5, 0.6) is 0 Å². The topological polar surface area (TPSA) is 27.7 Å². The lowest BCUT2D eigenvalue weighted by Gasteiger charge is -2.05. The fourth-order valence-corrected chi connectivity index (χ4v) is 2.11. The monoisotopic (exact) mass is 238 g/mol. The van der Waals surface area contributed by atoms with Crippen LogP contribution in [0.1, 0.15) is 59.8 Å². The maximum Gasteiger partial charge on any atom is 0.215 e. The Kier molecular flexibility index (Phi) is 6.38. The zero-order valence-corrected chi connectivity index (χ0v) is 11.9. The molecule has 0 aromatic rings. The van der Waals surface area contributed by atoms with Crippen molar-refractivity contribution in [1.29, 1.82) is 0 Å². The van der Waals surface area contributed by atoms with E-state index in [0.717, 1.165) is 24.9 Å². The first-order chi connectivity index (χ1) is 8.09. The molecular weight excluding hydrogens is 210 g/mol.